The van der Waals surface area contributed by atoms with E-state index in [1.807, 2.05) is 0 Å². The van der Waals surface area contributed by atoms with Crippen molar-refractivity contribution in [2.45, 2.75) is 117 Å². The Kier molecular flexibility index (Phi) is 21.4. The molecule has 0 aromatic rings. The summed E-state index contributed by atoms with van der Waals surface area (Å²) in [5.74, 6) is 0. The highest BCUT2D eigenvalue weighted by Crippen LogP contribution is 2.13. The molecule has 0 fully saturated rings. The van der Waals surface area contributed by atoms with Gasteiger partial charge >= 0.3 is 8.68 Å². The number of nitrogens with zero attached hydrogens (tertiary/aromatic N) is 1. The number of unbranched alkanes of at least 4 members (excludes halogenated alkanes) is 14. The van der Waals surface area contributed by atoms with Crippen LogP contribution in [-0.4, -0.2) is 38.9 Å². The lowest BCUT2D eigenvalue weighted by Gasteiger charge is -2.30. The van der Waals surface area contributed by atoms with Crippen molar-refractivity contribution >= 4 is 7.25 Å². The molecule has 0 aromatic carbocycles. The molecular weight excluding hydrogens is 365 g/mol. The number of rotatable bonds is 18. The predicted molar refractivity (Wildman–Crippen MR) is 118 cm³/mol. The fourth-order valence-corrected chi connectivity index (χ4v) is 3.46. The molecule has 0 aliphatic heterocycles. The van der Waals surface area contributed by atoms with E-state index in [0.29, 0.717) is 0 Å². The number of quaternary nitrogens is 1. The van der Waals surface area contributed by atoms with Crippen LogP contribution in [0, 0.1) is 0 Å². The normalized spacial score (nSPS) is 12.0. The van der Waals surface area contributed by atoms with E-state index in [9.17, 15) is 17.3 Å². The van der Waals surface area contributed by atoms with Crippen LogP contribution in [0.25, 0.3) is 0 Å². The molecule has 0 radical (unpaired) electrons. The summed E-state index contributed by atoms with van der Waals surface area (Å²) in [4.78, 5) is 0. The van der Waals surface area contributed by atoms with Gasteiger partial charge in [-0.15, -0.1) is 0 Å². The van der Waals surface area contributed by atoms with Crippen molar-refractivity contribution in [1.29, 1.82) is 0 Å². The van der Waals surface area contributed by atoms with Crippen LogP contribution >= 0.6 is 0 Å². The predicted octanol–water partition coefficient (Wildman–Crippen LogP) is 8.76. The van der Waals surface area contributed by atoms with Crippen LogP contribution < -0.4 is 0 Å². The maximum atomic E-state index is 9.75. The van der Waals surface area contributed by atoms with Gasteiger partial charge in [-0.25, -0.2) is 0 Å². The van der Waals surface area contributed by atoms with Crippen molar-refractivity contribution in [2.75, 3.05) is 27.2 Å². The molecule has 0 unspecified atom stereocenters. The van der Waals surface area contributed by atoms with E-state index in [1.54, 1.807) is 0 Å². The molecule has 0 aliphatic carbocycles. The third-order valence-corrected chi connectivity index (χ3v) is 5.23. The van der Waals surface area contributed by atoms with E-state index in [4.69, 9.17) is 0 Å². The molecule has 0 aromatic heterocycles. The molecule has 0 saturated heterocycles. The number of halogens is 4. The second-order valence-corrected chi connectivity index (χ2v) is 8.83. The van der Waals surface area contributed by atoms with Crippen LogP contribution in [0.15, 0.2) is 0 Å². The summed E-state index contributed by atoms with van der Waals surface area (Å²) >= 11 is 0. The van der Waals surface area contributed by atoms with Gasteiger partial charge in [0.1, 0.15) is 0 Å². The Morgan fingerprint density at radius 1 is 0.500 bits per heavy atom. The summed E-state index contributed by atoms with van der Waals surface area (Å²) in [6.45, 7) is 7.36. The van der Waals surface area contributed by atoms with Crippen molar-refractivity contribution in [3.05, 3.63) is 0 Å². The monoisotopic (exact) mass is 414 g/mol. The third-order valence-electron chi connectivity index (χ3n) is 5.23. The van der Waals surface area contributed by atoms with Gasteiger partial charge in [0.15, 0.2) is 0 Å². The zero-order valence-electron chi connectivity index (χ0n) is 20.3. The first-order valence-corrected chi connectivity index (χ1v) is 11.8. The van der Waals surface area contributed by atoms with E-state index in [2.05, 4.69) is 27.9 Å². The van der Waals surface area contributed by atoms with Crippen LogP contribution in [0.4, 0.5) is 17.3 Å². The Morgan fingerprint density at radius 2 is 0.714 bits per heavy atom. The van der Waals surface area contributed by atoms with Crippen LogP contribution in [0.1, 0.15) is 118 Å². The average Bonchev–Trinajstić information content (AvgIpc) is 2.58. The molecule has 172 valence electrons. The van der Waals surface area contributed by atoms with Gasteiger partial charge in [0.25, 0.3) is 0 Å². The Bertz CT molecular complexity index is 288. The second kappa shape index (κ2) is 20.0. The van der Waals surface area contributed by atoms with Crippen LogP contribution in [-0.2, 0) is 0 Å². The fourth-order valence-electron chi connectivity index (χ4n) is 3.46. The van der Waals surface area contributed by atoms with Gasteiger partial charge in [0.05, 0.1) is 27.2 Å². The van der Waals surface area contributed by atoms with E-state index < -0.39 is 7.25 Å². The first-order valence-electron chi connectivity index (χ1n) is 11.8. The number of hydrogen-bond donors (Lipinski definition) is 0. The first kappa shape index (κ1) is 29.9. The Labute approximate surface area is 174 Å². The maximum Gasteiger partial charge on any atom is 1.00 e. The van der Waals surface area contributed by atoms with E-state index in [-0.39, 0.29) is 1.43 Å². The molecule has 0 bridgehead atoms. The lowest BCUT2D eigenvalue weighted by molar-refractivity contribution is -0.890. The molecular formula is C22H49BF4N+. The molecule has 1 nitrogen and oxygen atoms in total. The minimum atomic E-state index is -6.00. The summed E-state index contributed by atoms with van der Waals surface area (Å²) in [7, 11) is -1.13. The second-order valence-electron chi connectivity index (χ2n) is 8.83. The van der Waals surface area contributed by atoms with E-state index >= 15 is 0 Å². The van der Waals surface area contributed by atoms with Gasteiger partial charge < -0.3 is 21.7 Å². The topological polar surface area (TPSA) is 0 Å². The van der Waals surface area contributed by atoms with Gasteiger partial charge in [0, 0.05) is 0 Å². The minimum absolute atomic E-state index is 0. The molecule has 28 heavy (non-hydrogen) atoms. The van der Waals surface area contributed by atoms with Crippen molar-refractivity contribution < 1.29 is 23.2 Å². The zero-order chi connectivity index (χ0) is 21.7. The lowest BCUT2D eigenvalue weighted by Crippen LogP contribution is -2.41. The highest BCUT2D eigenvalue weighted by atomic mass is 19.5. The quantitative estimate of drug-likeness (QED) is 0.0910. The standard InChI is InChI=1S/C22H48N.BF4/c1-5-7-9-11-13-15-17-19-21-23(3,4)22-20-18-16-14-12-10-8-6-2;2-1(3,4)5/h5-22H2,1-4H3;/q+1;-1/p+1. The summed E-state index contributed by atoms with van der Waals surface area (Å²) in [6, 6.07) is 0. The lowest BCUT2D eigenvalue weighted by atomic mass is 10.1. The largest absolute Gasteiger partial charge is 1.00 e. The molecule has 0 aliphatic rings. The molecule has 6 heteroatoms. The Hall–Kier alpha value is -0.255. The summed E-state index contributed by atoms with van der Waals surface area (Å²) in [6.07, 6.45) is 23.0. The molecule has 0 rings (SSSR count). The minimum Gasteiger partial charge on any atom is -0.418 e. The Morgan fingerprint density at radius 3 is 0.964 bits per heavy atom. The molecule has 0 atom stereocenters. The highest BCUT2D eigenvalue weighted by Gasteiger charge is 2.20. The smallest absolute Gasteiger partial charge is 0.418 e. The fraction of sp³-hybridized carbons (Fsp3) is 1.00. The number of hydrogen-bond acceptors (Lipinski definition) is 0. The van der Waals surface area contributed by atoms with Gasteiger partial charge in [-0.2, -0.15) is 0 Å². The van der Waals surface area contributed by atoms with E-state index in [0.717, 1.165) is 0 Å². The van der Waals surface area contributed by atoms with Gasteiger partial charge in [-0.3, -0.25) is 0 Å². The van der Waals surface area contributed by atoms with Crippen molar-refractivity contribution in [1.82, 2.24) is 0 Å². The molecule has 0 spiro atoms. The molecule has 0 heterocycles. The highest BCUT2D eigenvalue weighted by molar-refractivity contribution is 6.50. The molecule has 0 saturated carbocycles. The maximum absolute atomic E-state index is 9.75. The summed E-state index contributed by atoms with van der Waals surface area (Å²) in [5, 5.41) is 0. The molecule has 0 amide bonds. The first-order chi connectivity index (χ1) is 13.1. The van der Waals surface area contributed by atoms with Crippen molar-refractivity contribution in [3.63, 3.8) is 0 Å². The van der Waals surface area contributed by atoms with Gasteiger partial charge in [-0.1, -0.05) is 90.9 Å². The van der Waals surface area contributed by atoms with Crippen molar-refractivity contribution in [2.24, 2.45) is 0 Å². The van der Waals surface area contributed by atoms with Crippen LogP contribution in [0.3, 0.4) is 0 Å². The summed E-state index contributed by atoms with van der Waals surface area (Å²) in [5.41, 5.74) is 0. The molecule has 0 N–H and O–H groups in total. The Balaban J connectivity index is -0.000000997. The average molecular weight is 414 g/mol. The van der Waals surface area contributed by atoms with Gasteiger partial charge in [-0.05, 0) is 25.7 Å². The van der Waals surface area contributed by atoms with Crippen LogP contribution in [0.2, 0.25) is 0 Å². The van der Waals surface area contributed by atoms with Crippen LogP contribution in [0.5, 0.6) is 0 Å². The zero-order valence-corrected chi connectivity index (χ0v) is 19.3. The summed E-state index contributed by atoms with van der Waals surface area (Å²) < 4.78 is 40.2. The third kappa shape index (κ3) is 33.3. The SMILES string of the molecule is CCCCCCCCCC[N+](C)(C)CCCCCCCCCC.F[B-](F)(F)F.[H+]. The van der Waals surface area contributed by atoms with Crippen molar-refractivity contribution in [3.8, 4) is 0 Å². The van der Waals surface area contributed by atoms with Gasteiger partial charge in [0.2, 0.25) is 0 Å². The van der Waals surface area contributed by atoms with E-state index in [1.165, 1.54) is 120 Å².